The third-order valence-corrected chi connectivity index (χ3v) is 4.25. The molecule has 0 amide bonds. The summed E-state index contributed by atoms with van der Waals surface area (Å²) in [5.41, 5.74) is 0.690. The highest BCUT2D eigenvalue weighted by molar-refractivity contribution is 5.04. The molecule has 3 nitrogen and oxygen atoms in total. The Bertz CT molecular complexity index is 234. The van der Waals surface area contributed by atoms with Crippen molar-refractivity contribution in [2.75, 3.05) is 33.4 Å². The molecule has 0 unspecified atom stereocenters. The van der Waals surface area contributed by atoms with Gasteiger partial charge in [0.05, 0.1) is 6.61 Å². The third-order valence-electron chi connectivity index (χ3n) is 4.25. The first-order valence-corrected chi connectivity index (χ1v) is 6.57. The monoisotopic (exact) mass is 226 g/mol. The van der Waals surface area contributed by atoms with E-state index < -0.39 is 0 Å². The molecule has 0 bridgehead atoms. The summed E-state index contributed by atoms with van der Waals surface area (Å²) in [7, 11) is 1.80. The molecular formula is C13H26N2O. The van der Waals surface area contributed by atoms with Crippen molar-refractivity contribution < 1.29 is 4.74 Å². The van der Waals surface area contributed by atoms with Gasteiger partial charge in [0.1, 0.15) is 0 Å². The minimum atomic E-state index is 0.252. The summed E-state index contributed by atoms with van der Waals surface area (Å²) in [6, 6.07) is 0. The molecule has 1 N–H and O–H groups in total. The molecule has 1 spiro atoms. The molecule has 1 aliphatic carbocycles. The molecule has 1 heterocycles. The van der Waals surface area contributed by atoms with Crippen LogP contribution in [-0.4, -0.2) is 49.3 Å². The number of rotatable bonds is 3. The molecule has 1 saturated carbocycles. The molecule has 2 rings (SSSR count). The molecule has 1 aliphatic heterocycles. The maximum atomic E-state index is 5.25. The lowest BCUT2D eigenvalue weighted by atomic mass is 9.87. The average Bonchev–Trinajstić information content (AvgIpc) is 2.70. The number of nitrogens with one attached hydrogen (secondary N) is 1. The lowest BCUT2D eigenvalue weighted by Gasteiger charge is -2.51. The number of methoxy groups -OCH3 is 1. The topological polar surface area (TPSA) is 24.5 Å². The summed E-state index contributed by atoms with van der Waals surface area (Å²) in [4.78, 5) is 2.68. The zero-order valence-corrected chi connectivity index (χ0v) is 11.0. The highest BCUT2D eigenvalue weighted by Gasteiger charge is 2.45. The maximum Gasteiger partial charge on any atom is 0.0589 e. The molecule has 0 aromatic rings. The zero-order valence-electron chi connectivity index (χ0n) is 11.0. The van der Waals surface area contributed by atoms with Crippen molar-refractivity contribution in [3.8, 4) is 0 Å². The van der Waals surface area contributed by atoms with E-state index in [0.29, 0.717) is 5.54 Å². The summed E-state index contributed by atoms with van der Waals surface area (Å²) in [6.45, 7) is 8.85. The van der Waals surface area contributed by atoms with E-state index in [9.17, 15) is 0 Å². The van der Waals surface area contributed by atoms with Gasteiger partial charge in [0.2, 0.25) is 0 Å². The molecule has 0 aromatic carbocycles. The molecule has 0 aromatic heterocycles. The van der Waals surface area contributed by atoms with E-state index >= 15 is 0 Å². The second-order valence-electron chi connectivity index (χ2n) is 6.08. The minimum absolute atomic E-state index is 0.252. The minimum Gasteiger partial charge on any atom is -0.383 e. The molecule has 94 valence electrons. The van der Waals surface area contributed by atoms with E-state index in [4.69, 9.17) is 4.74 Å². The summed E-state index contributed by atoms with van der Waals surface area (Å²) >= 11 is 0. The summed E-state index contributed by atoms with van der Waals surface area (Å²) in [6.07, 6.45) is 5.51. The normalized spacial score (nSPS) is 28.7. The highest BCUT2D eigenvalue weighted by Crippen LogP contribution is 2.38. The second kappa shape index (κ2) is 4.63. The Balaban J connectivity index is 2.05. The number of hydrogen-bond acceptors (Lipinski definition) is 3. The van der Waals surface area contributed by atoms with Crippen LogP contribution in [0.25, 0.3) is 0 Å². The van der Waals surface area contributed by atoms with E-state index in [-0.39, 0.29) is 5.54 Å². The lowest BCUT2D eigenvalue weighted by Crippen LogP contribution is -2.67. The van der Waals surface area contributed by atoms with E-state index in [1.807, 2.05) is 0 Å². The third kappa shape index (κ3) is 2.41. The van der Waals surface area contributed by atoms with Gasteiger partial charge in [-0.3, -0.25) is 4.90 Å². The molecule has 3 heteroatoms. The smallest absolute Gasteiger partial charge is 0.0589 e. The Labute approximate surface area is 99.5 Å². The first-order valence-electron chi connectivity index (χ1n) is 6.57. The Hall–Kier alpha value is -0.120. The number of ether oxygens (including phenoxy) is 1. The fourth-order valence-corrected chi connectivity index (χ4v) is 3.26. The molecular weight excluding hydrogens is 200 g/mol. The van der Waals surface area contributed by atoms with Crippen LogP contribution in [0.1, 0.15) is 39.5 Å². The second-order valence-corrected chi connectivity index (χ2v) is 6.08. The van der Waals surface area contributed by atoms with Gasteiger partial charge in [-0.05, 0) is 26.7 Å². The van der Waals surface area contributed by atoms with E-state index in [0.717, 1.165) is 26.2 Å². The molecule has 1 saturated heterocycles. The van der Waals surface area contributed by atoms with Gasteiger partial charge in [-0.1, -0.05) is 12.8 Å². The van der Waals surface area contributed by atoms with Crippen LogP contribution in [0.4, 0.5) is 0 Å². The van der Waals surface area contributed by atoms with Crippen LogP contribution >= 0.6 is 0 Å². The number of hydrogen-bond donors (Lipinski definition) is 1. The zero-order chi connectivity index (χ0) is 11.6. The van der Waals surface area contributed by atoms with Crippen molar-refractivity contribution in [1.82, 2.24) is 10.2 Å². The van der Waals surface area contributed by atoms with Crippen LogP contribution in [0, 0.1) is 0 Å². The quantitative estimate of drug-likeness (QED) is 0.791. The van der Waals surface area contributed by atoms with E-state index in [1.165, 1.54) is 25.7 Å². The van der Waals surface area contributed by atoms with Gasteiger partial charge in [-0.2, -0.15) is 0 Å². The fraction of sp³-hybridized carbons (Fsp3) is 1.00. The molecule has 16 heavy (non-hydrogen) atoms. The summed E-state index contributed by atoms with van der Waals surface area (Å²) in [5, 5.41) is 3.72. The fourth-order valence-electron chi connectivity index (χ4n) is 3.26. The first kappa shape index (κ1) is 12.3. The Kier molecular flexibility index (Phi) is 3.57. The van der Waals surface area contributed by atoms with Crippen LogP contribution in [0.3, 0.4) is 0 Å². The van der Waals surface area contributed by atoms with E-state index in [1.54, 1.807) is 7.11 Å². The molecule has 2 fully saturated rings. The van der Waals surface area contributed by atoms with Gasteiger partial charge in [0.15, 0.2) is 0 Å². The van der Waals surface area contributed by atoms with Gasteiger partial charge < -0.3 is 10.1 Å². The maximum absolute atomic E-state index is 5.25. The highest BCUT2D eigenvalue weighted by atomic mass is 16.5. The predicted octanol–water partition coefficient (Wildman–Crippen LogP) is 1.63. The van der Waals surface area contributed by atoms with Gasteiger partial charge in [0, 0.05) is 37.8 Å². The SMILES string of the molecule is COCCN1CC(C)(C)NCC12CCCC2. The largest absolute Gasteiger partial charge is 0.383 e. The Morgan fingerprint density at radius 3 is 2.56 bits per heavy atom. The van der Waals surface area contributed by atoms with Gasteiger partial charge in [-0.25, -0.2) is 0 Å². The standard InChI is InChI=1S/C13H26N2O/c1-12(2)11-15(8-9-16-3)13(10-14-12)6-4-5-7-13/h14H,4-11H2,1-3H3. The van der Waals surface area contributed by atoms with Crippen LogP contribution in [0.5, 0.6) is 0 Å². The number of piperazine rings is 1. The van der Waals surface area contributed by atoms with Crippen molar-refractivity contribution >= 4 is 0 Å². The first-order chi connectivity index (χ1) is 7.58. The summed E-state index contributed by atoms with van der Waals surface area (Å²) in [5.74, 6) is 0. The molecule has 0 atom stereocenters. The van der Waals surface area contributed by atoms with Gasteiger partial charge in [-0.15, -0.1) is 0 Å². The van der Waals surface area contributed by atoms with Crippen molar-refractivity contribution in [1.29, 1.82) is 0 Å². The van der Waals surface area contributed by atoms with Crippen LogP contribution in [-0.2, 0) is 4.74 Å². The van der Waals surface area contributed by atoms with Crippen LogP contribution < -0.4 is 5.32 Å². The van der Waals surface area contributed by atoms with Crippen LogP contribution in [0.15, 0.2) is 0 Å². The van der Waals surface area contributed by atoms with Crippen molar-refractivity contribution in [2.45, 2.75) is 50.6 Å². The van der Waals surface area contributed by atoms with Crippen LogP contribution in [0.2, 0.25) is 0 Å². The van der Waals surface area contributed by atoms with Crippen molar-refractivity contribution in [2.24, 2.45) is 0 Å². The summed E-state index contributed by atoms with van der Waals surface area (Å²) < 4.78 is 5.25. The van der Waals surface area contributed by atoms with Crippen molar-refractivity contribution in [3.05, 3.63) is 0 Å². The molecule has 2 aliphatic rings. The lowest BCUT2D eigenvalue weighted by molar-refractivity contribution is 0.00203. The Morgan fingerprint density at radius 2 is 1.94 bits per heavy atom. The van der Waals surface area contributed by atoms with E-state index in [2.05, 4.69) is 24.1 Å². The van der Waals surface area contributed by atoms with Gasteiger partial charge in [0.25, 0.3) is 0 Å². The predicted molar refractivity (Wildman–Crippen MR) is 66.7 cm³/mol. The van der Waals surface area contributed by atoms with Gasteiger partial charge >= 0.3 is 0 Å². The Morgan fingerprint density at radius 1 is 1.25 bits per heavy atom. The molecule has 0 radical (unpaired) electrons. The number of nitrogens with zero attached hydrogens (tertiary/aromatic N) is 1. The average molecular weight is 226 g/mol. The van der Waals surface area contributed by atoms with Crippen molar-refractivity contribution in [3.63, 3.8) is 0 Å².